The second-order valence-electron chi connectivity index (χ2n) is 4.74. The molecule has 0 amide bonds. The van der Waals surface area contributed by atoms with Gasteiger partial charge >= 0.3 is 5.97 Å². The zero-order chi connectivity index (χ0) is 11.9. The number of methoxy groups -OCH3 is 1. The van der Waals surface area contributed by atoms with Crippen LogP contribution in [0.3, 0.4) is 0 Å². The summed E-state index contributed by atoms with van der Waals surface area (Å²) in [6, 6.07) is 1.64. The largest absolute Gasteiger partial charge is 0.468 e. The topological polar surface area (TPSA) is 64.1 Å². The molecule has 1 N–H and O–H groups in total. The lowest BCUT2D eigenvalue weighted by atomic mass is 9.86. The Morgan fingerprint density at radius 2 is 2.53 bits per heavy atom. The maximum atomic E-state index is 11.9. The van der Waals surface area contributed by atoms with Gasteiger partial charge in [-0.1, -0.05) is 0 Å². The summed E-state index contributed by atoms with van der Waals surface area (Å²) in [5, 5.41) is 3.27. The maximum Gasteiger partial charge on any atom is 0.323 e. The van der Waals surface area contributed by atoms with E-state index >= 15 is 0 Å². The van der Waals surface area contributed by atoms with Gasteiger partial charge in [0.15, 0.2) is 0 Å². The molecule has 1 saturated carbocycles. The van der Waals surface area contributed by atoms with Crippen LogP contribution in [0.5, 0.6) is 0 Å². The number of ether oxygens (including phenoxy) is 1. The van der Waals surface area contributed by atoms with E-state index in [-0.39, 0.29) is 17.4 Å². The van der Waals surface area contributed by atoms with Crippen molar-refractivity contribution in [2.75, 3.05) is 13.7 Å². The van der Waals surface area contributed by atoms with Crippen molar-refractivity contribution in [2.45, 2.75) is 24.3 Å². The van der Waals surface area contributed by atoms with Gasteiger partial charge in [0.05, 0.1) is 12.8 Å². The van der Waals surface area contributed by atoms with Gasteiger partial charge in [0.2, 0.25) is 0 Å². The van der Waals surface area contributed by atoms with Crippen LogP contribution in [0.4, 0.5) is 0 Å². The summed E-state index contributed by atoms with van der Waals surface area (Å²) in [5.41, 5.74) is 0.800. The van der Waals surface area contributed by atoms with E-state index in [1.807, 2.05) is 6.07 Å². The summed E-state index contributed by atoms with van der Waals surface area (Å²) in [7, 11) is 1.43. The summed E-state index contributed by atoms with van der Waals surface area (Å²) >= 11 is 0. The minimum absolute atomic E-state index is 0.158. The number of rotatable bonds is 2. The average molecular weight is 233 g/mol. The lowest BCUT2D eigenvalue weighted by molar-refractivity contribution is -0.144. The Morgan fingerprint density at radius 1 is 1.65 bits per heavy atom. The van der Waals surface area contributed by atoms with Crippen LogP contribution in [-0.4, -0.2) is 35.6 Å². The minimum atomic E-state index is -0.263. The van der Waals surface area contributed by atoms with Gasteiger partial charge in [-0.2, -0.15) is 0 Å². The highest BCUT2D eigenvalue weighted by atomic mass is 16.5. The molecule has 2 fully saturated rings. The number of carbonyl (C=O) groups excluding carboxylic acids is 1. The van der Waals surface area contributed by atoms with Crippen molar-refractivity contribution in [1.82, 2.24) is 15.3 Å². The first kappa shape index (κ1) is 10.7. The Morgan fingerprint density at radius 3 is 3.24 bits per heavy atom. The van der Waals surface area contributed by atoms with Gasteiger partial charge in [-0.25, -0.2) is 9.97 Å². The monoisotopic (exact) mass is 233 g/mol. The first-order chi connectivity index (χ1) is 8.29. The van der Waals surface area contributed by atoms with Crippen LogP contribution >= 0.6 is 0 Å². The molecule has 0 aromatic carbocycles. The summed E-state index contributed by atoms with van der Waals surface area (Å²) in [6.45, 7) is 0.872. The Balaban J connectivity index is 1.97. The first-order valence-corrected chi connectivity index (χ1v) is 5.87. The maximum absolute atomic E-state index is 11.9. The molecule has 17 heavy (non-hydrogen) atoms. The van der Waals surface area contributed by atoms with Crippen molar-refractivity contribution in [3.05, 3.63) is 24.3 Å². The van der Waals surface area contributed by atoms with Crippen molar-refractivity contribution in [1.29, 1.82) is 0 Å². The van der Waals surface area contributed by atoms with E-state index in [1.54, 1.807) is 12.5 Å². The third kappa shape index (κ3) is 1.45. The van der Waals surface area contributed by atoms with E-state index in [9.17, 15) is 4.79 Å². The predicted octanol–water partition coefficient (Wildman–Crippen LogP) is 0.269. The van der Waals surface area contributed by atoms with Crippen LogP contribution in [0, 0.1) is 5.92 Å². The number of piperidine rings is 1. The van der Waals surface area contributed by atoms with Gasteiger partial charge in [0.1, 0.15) is 12.4 Å². The smallest absolute Gasteiger partial charge is 0.323 e. The first-order valence-electron chi connectivity index (χ1n) is 5.87. The van der Waals surface area contributed by atoms with Gasteiger partial charge in [0.25, 0.3) is 0 Å². The zero-order valence-corrected chi connectivity index (χ0v) is 9.72. The van der Waals surface area contributed by atoms with E-state index in [0.717, 1.165) is 25.1 Å². The number of hydrogen-bond donors (Lipinski definition) is 1. The molecule has 3 unspecified atom stereocenters. The van der Waals surface area contributed by atoms with Gasteiger partial charge in [-0.3, -0.25) is 4.79 Å². The number of hydrogen-bond acceptors (Lipinski definition) is 5. The van der Waals surface area contributed by atoms with E-state index in [4.69, 9.17) is 4.74 Å². The summed E-state index contributed by atoms with van der Waals surface area (Å²) < 4.78 is 4.89. The lowest BCUT2D eigenvalue weighted by Crippen LogP contribution is -2.51. The fourth-order valence-electron chi connectivity index (χ4n) is 3.09. The van der Waals surface area contributed by atoms with Crippen LogP contribution in [0.2, 0.25) is 0 Å². The fourth-order valence-corrected chi connectivity index (χ4v) is 3.09. The Hall–Kier alpha value is -1.49. The lowest BCUT2D eigenvalue weighted by Gasteiger charge is -2.30. The number of aromatic nitrogens is 2. The molecule has 1 aliphatic carbocycles. The molecular weight excluding hydrogens is 218 g/mol. The van der Waals surface area contributed by atoms with Crippen molar-refractivity contribution in [3.8, 4) is 0 Å². The van der Waals surface area contributed by atoms with Gasteiger partial charge < -0.3 is 10.1 Å². The molecule has 2 heterocycles. The molecule has 2 aliphatic rings. The van der Waals surface area contributed by atoms with E-state index in [0.29, 0.717) is 5.92 Å². The third-order valence-corrected chi connectivity index (χ3v) is 4.00. The Labute approximate surface area is 99.6 Å². The molecule has 90 valence electrons. The molecule has 0 radical (unpaired) electrons. The highest BCUT2D eigenvalue weighted by Crippen LogP contribution is 2.59. The molecule has 5 nitrogen and oxygen atoms in total. The van der Waals surface area contributed by atoms with E-state index < -0.39 is 0 Å². The molecule has 3 atom stereocenters. The number of esters is 1. The second-order valence-corrected chi connectivity index (χ2v) is 4.74. The molecule has 1 aromatic rings. The average Bonchev–Trinajstić information content (AvgIpc) is 3.14. The highest BCUT2D eigenvalue weighted by molar-refractivity contribution is 5.79. The van der Waals surface area contributed by atoms with Gasteiger partial charge in [-0.15, -0.1) is 0 Å². The normalized spacial score (nSPS) is 34.9. The number of fused-ring (bicyclic) bond motifs is 1. The van der Waals surface area contributed by atoms with Crippen LogP contribution in [0.15, 0.2) is 18.6 Å². The van der Waals surface area contributed by atoms with Gasteiger partial charge in [-0.05, 0) is 31.4 Å². The second kappa shape index (κ2) is 3.77. The quantitative estimate of drug-likeness (QED) is 0.743. The molecule has 3 rings (SSSR count). The van der Waals surface area contributed by atoms with Crippen LogP contribution in [-0.2, 0) is 14.9 Å². The third-order valence-electron chi connectivity index (χ3n) is 4.00. The Kier molecular flexibility index (Phi) is 2.36. The summed E-state index contributed by atoms with van der Waals surface area (Å²) in [4.78, 5) is 20.1. The highest BCUT2D eigenvalue weighted by Gasteiger charge is 2.64. The van der Waals surface area contributed by atoms with Crippen molar-refractivity contribution < 1.29 is 9.53 Å². The summed E-state index contributed by atoms with van der Waals surface area (Å²) in [6.07, 6.45) is 5.38. The molecular formula is C12H15N3O2. The molecule has 1 saturated heterocycles. The Bertz CT molecular complexity index is 437. The SMILES string of the molecule is COC(=O)C1NCCC2CC21c1ccncn1. The summed E-state index contributed by atoms with van der Waals surface area (Å²) in [5.74, 6) is 0.355. The zero-order valence-electron chi connectivity index (χ0n) is 9.72. The van der Waals surface area contributed by atoms with Crippen molar-refractivity contribution in [3.63, 3.8) is 0 Å². The minimum Gasteiger partial charge on any atom is -0.468 e. The van der Waals surface area contributed by atoms with E-state index in [2.05, 4.69) is 15.3 Å². The van der Waals surface area contributed by atoms with Crippen molar-refractivity contribution in [2.24, 2.45) is 5.92 Å². The molecule has 1 aromatic heterocycles. The van der Waals surface area contributed by atoms with Crippen LogP contribution in [0.25, 0.3) is 0 Å². The molecule has 0 bridgehead atoms. The van der Waals surface area contributed by atoms with Crippen LogP contribution < -0.4 is 5.32 Å². The van der Waals surface area contributed by atoms with Crippen molar-refractivity contribution >= 4 is 5.97 Å². The van der Waals surface area contributed by atoms with E-state index in [1.165, 1.54) is 7.11 Å². The standard InChI is InChI=1S/C12H15N3O2/c1-17-11(16)10-12(6-8(12)2-5-14-10)9-3-4-13-7-15-9/h3-4,7-8,10,14H,2,5-6H2,1H3. The number of nitrogens with one attached hydrogen (secondary N) is 1. The number of nitrogens with zero attached hydrogens (tertiary/aromatic N) is 2. The molecule has 0 spiro atoms. The van der Waals surface area contributed by atoms with Gasteiger partial charge in [0, 0.05) is 11.6 Å². The fraction of sp³-hybridized carbons (Fsp3) is 0.583. The molecule has 5 heteroatoms. The van der Waals surface area contributed by atoms with Crippen LogP contribution in [0.1, 0.15) is 18.5 Å². The number of carbonyl (C=O) groups is 1. The molecule has 1 aliphatic heterocycles. The predicted molar refractivity (Wildman–Crippen MR) is 60.2 cm³/mol.